The molecule has 1 aromatic heterocycles. The number of rotatable bonds is 4. The standard InChI is InChI=1S/C13H15BrN4O/c1-18(7-9-3-5-10(14)6-4-9)12-11(15)13(19-2)17-8-16-12/h3-6,8H,7,15H2,1-2H3. The van der Waals surface area contributed by atoms with Gasteiger partial charge in [-0.15, -0.1) is 0 Å². The van der Waals surface area contributed by atoms with Crippen molar-refractivity contribution in [2.75, 3.05) is 24.8 Å². The van der Waals surface area contributed by atoms with E-state index in [1.54, 1.807) is 0 Å². The van der Waals surface area contributed by atoms with Crippen molar-refractivity contribution < 1.29 is 4.74 Å². The summed E-state index contributed by atoms with van der Waals surface area (Å²) in [6, 6.07) is 8.12. The fourth-order valence-corrected chi connectivity index (χ4v) is 2.04. The molecular formula is C13H15BrN4O. The third kappa shape index (κ3) is 3.14. The van der Waals surface area contributed by atoms with Gasteiger partial charge in [-0.1, -0.05) is 28.1 Å². The summed E-state index contributed by atoms with van der Waals surface area (Å²) in [5.74, 6) is 1.06. The van der Waals surface area contributed by atoms with Crippen LogP contribution in [0.4, 0.5) is 11.5 Å². The molecule has 6 heteroatoms. The van der Waals surface area contributed by atoms with Gasteiger partial charge in [0.2, 0.25) is 5.88 Å². The van der Waals surface area contributed by atoms with Gasteiger partial charge in [-0.2, -0.15) is 4.98 Å². The number of halogens is 1. The first kappa shape index (κ1) is 13.6. The lowest BCUT2D eigenvalue weighted by atomic mass is 10.2. The summed E-state index contributed by atoms with van der Waals surface area (Å²) in [4.78, 5) is 10.1. The normalized spacial score (nSPS) is 10.3. The summed E-state index contributed by atoms with van der Waals surface area (Å²) >= 11 is 3.42. The molecular weight excluding hydrogens is 308 g/mol. The molecule has 0 aliphatic rings. The number of nitrogens with zero attached hydrogens (tertiary/aromatic N) is 3. The maximum atomic E-state index is 5.97. The number of nitrogen functional groups attached to an aromatic ring is 1. The Morgan fingerprint density at radius 2 is 1.95 bits per heavy atom. The summed E-state index contributed by atoms with van der Waals surface area (Å²) in [7, 11) is 3.47. The van der Waals surface area contributed by atoms with Crippen molar-refractivity contribution in [3.63, 3.8) is 0 Å². The quantitative estimate of drug-likeness (QED) is 0.936. The van der Waals surface area contributed by atoms with E-state index in [1.165, 1.54) is 19.0 Å². The van der Waals surface area contributed by atoms with Gasteiger partial charge in [-0.05, 0) is 17.7 Å². The highest BCUT2D eigenvalue weighted by Crippen LogP contribution is 2.27. The van der Waals surface area contributed by atoms with Gasteiger partial charge in [0.1, 0.15) is 12.0 Å². The molecule has 0 spiro atoms. The number of ether oxygens (including phenoxy) is 1. The van der Waals surface area contributed by atoms with E-state index in [1.807, 2.05) is 24.1 Å². The first-order valence-corrected chi connectivity index (χ1v) is 6.51. The van der Waals surface area contributed by atoms with Crippen molar-refractivity contribution in [1.29, 1.82) is 0 Å². The molecule has 2 N–H and O–H groups in total. The molecule has 19 heavy (non-hydrogen) atoms. The van der Waals surface area contributed by atoms with Gasteiger partial charge in [0.05, 0.1) is 7.11 Å². The summed E-state index contributed by atoms with van der Waals surface area (Å²) in [5, 5.41) is 0. The fourth-order valence-electron chi connectivity index (χ4n) is 1.78. The Morgan fingerprint density at radius 3 is 2.58 bits per heavy atom. The second kappa shape index (κ2) is 5.88. The lowest BCUT2D eigenvalue weighted by molar-refractivity contribution is 0.399. The lowest BCUT2D eigenvalue weighted by Crippen LogP contribution is -2.19. The number of benzene rings is 1. The molecule has 0 radical (unpaired) electrons. The number of methoxy groups -OCH3 is 1. The molecule has 100 valence electrons. The van der Waals surface area contributed by atoms with E-state index >= 15 is 0 Å². The van der Waals surface area contributed by atoms with Gasteiger partial charge in [0, 0.05) is 18.1 Å². The van der Waals surface area contributed by atoms with Crippen LogP contribution in [-0.4, -0.2) is 24.1 Å². The molecule has 0 amide bonds. The molecule has 2 aromatic rings. The average Bonchev–Trinajstić information content (AvgIpc) is 2.41. The monoisotopic (exact) mass is 322 g/mol. The number of hydrogen-bond donors (Lipinski definition) is 1. The predicted molar refractivity (Wildman–Crippen MR) is 79.2 cm³/mol. The average molecular weight is 323 g/mol. The molecule has 0 bridgehead atoms. The number of nitrogens with two attached hydrogens (primary N) is 1. The van der Waals surface area contributed by atoms with Crippen LogP contribution in [0.15, 0.2) is 35.1 Å². The third-order valence-electron chi connectivity index (χ3n) is 2.71. The van der Waals surface area contributed by atoms with Crippen LogP contribution in [0, 0.1) is 0 Å². The van der Waals surface area contributed by atoms with Crippen molar-refractivity contribution in [3.05, 3.63) is 40.6 Å². The first-order valence-electron chi connectivity index (χ1n) is 5.72. The zero-order chi connectivity index (χ0) is 13.8. The highest BCUT2D eigenvalue weighted by molar-refractivity contribution is 9.10. The summed E-state index contributed by atoms with van der Waals surface area (Å²) in [6.45, 7) is 0.706. The molecule has 0 fully saturated rings. The highest BCUT2D eigenvalue weighted by Gasteiger charge is 2.12. The van der Waals surface area contributed by atoms with Crippen LogP contribution >= 0.6 is 15.9 Å². The topological polar surface area (TPSA) is 64.3 Å². The van der Waals surface area contributed by atoms with E-state index in [2.05, 4.69) is 38.0 Å². The lowest BCUT2D eigenvalue weighted by Gasteiger charge is -2.20. The number of hydrogen-bond acceptors (Lipinski definition) is 5. The zero-order valence-corrected chi connectivity index (χ0v) is 12.4. The Kier molecular flexibility index (Phi) is 4.21. The molecule has 0 aliphatic carbocycles. The van der Waals surface area contributed by atoms with Crippen LogP contribution in [0.3, 0.4) is 0 Å². The molecule has 0 unspecified atom stereocenters. The highest BCUT2D eigenvalue weighted by atomic mass is 79.9. The van der Waals surface area contributed by atoms with Crippen molar-refractivity contribution in [2.45, 2.75) is 6.54 Å². The van der Waals surface area contributed by atoms with Crippen LogP contribution in [0.25, 0.3) is 0 Å². The molecule has 0 atom stereocenters. The molecule has 1 heterocycles. The molecule has 1 aromatic carbocycles. The second-order valence-electron chi connectivity index (χ2n) is 4.10. The molecule has 2 rings (SSSR count). The molecule has 5 nitrogen and oxygen atoms in total. The Morgan fingerprint density at radius 1 is 1.26 bits per heavy atom. The van der Waals surface area contributed by atoms with Gasteiger partial charge in [0.25, 0.3) is 0 Å². The zero-order valence-electron chi connectivity index (χ0n) is 10.8. The van der Waals surface area contributed by atoms with Gasteiger partial charge in [0.15, 0.2) is 5.82 Å². The number of anilines is 2. The van der Waals surface area contributed by atoms with E-state index in [-0.39, 0.29) is 0 Å². The van der Waals surface area contributed by atoms with Crippen molar-refractivity contribution in [1.82, 2.24) is 9.97 Å². The minimum Gasteiger partial charge on any atom is -0.479 e. The summed E-state index contributed by atoms with van der Waals surface area (Å²) in [5.41, 5.74) is 7.59. The van der Waals surface area contributed by atoms with Crippen LogP contribution in [-0.2, 0) is 6.54 Å². The predicted octanol–water partition coefficient (Wildman–Crippen LogP) is 2.47. The van der Waals surface area contributed by atoms with Crippen LogP contribution < -0.4 is 15.4 Å². The fraction of sp³-hybridized carbons (Fsp3) is 0.231. The maximum Gasteiger partial charge on any atom is 0.242 e. The SMILES string of the molecule is COc1ncnc(N(C)Cc2ccc(Br)cc2)c1N. The minimum absolute atomic E-state index is 0.396. The Bertz CT molecular complexity index is 559. The van der Waals surface area contributed by atoms with Crippen LogP contribution in [0.2, 0.25) is 0 Å². The van der Waals surface area contributed by atoms with Crippen molar-refractivity contribution in [2.24, 2.45) is 0 Å². The largest absolute Gasteiger partial charge is 0.479 e. The molecule has 0 saturated carbocycles. The Labute approximate surface area is 120 Å². The van der Waals surface area contributed by atoms with E-state index in [9.17, 15) is 0 Å². The Hall–Kier alpha value is -1.82. The van der Waals surface area contributed by atoms with E-state index in [0.29, 0.717) is 23.9 Å². The van der Waals surface area contributed by atoms with Gasteiger partial charge in [-0.25, -0.2) is 4.98 Å². The van der Waals surface area contributed by atoms with Crippen LogP contribution in [0.1, 0.15) is 5.56 Å². The van der Waals surface area contributed by atoms with Gasteiger partial charge >= 0.3 is 0 Å². The molecule has 0 saturated heterocycles. The first-order chi connectivity index (χ1) is 9.11. The van der Waals surface area contributed by atoms with E-state index in [0.717, 1.165) is 4.47 Å². The summed E-state index contributed by atoms with van der Waals surface area (Å²) in [6.07, 6.45) is 1.45. The van der Waals surface area contributed by atoms with Crippen LogP contribution in [0.5, 0.6) is 5.88 Å². The van der Waals surface area contributed by atoms with E-state index in [4.69, 9.17) is 10.5 Å². The maximum absolute atomic E-state index is 5.97. The van der Waals surface area contributed by atoms with Gasteiger partial charge in [-0.3, -0.25) is 0 Å². The van der Waals surface area contributed by atoms with E-state index < -0.39 is 0 Å². The van der Waals surface area contributed by atoms with Crippen molar-refractivity contribution >= 4 is 27.4 Å². The Balaban J connectivity index is 2.20. The second-order valence-corrected chi connectivity index (χ2v) is 5.02. The van der Waals surface area contributed by atoms with Crippen molar-refractivity contribution in [3.8, 4) is 5.88 Å². The van der Waals surface area contributed by atoms with Gasteiger partial charge < -0.3 is 15.4 Å². The smallest absolute Gasteiger partial charge is 0.242 e. The molecule has 0 aliphatic heterocycles. The number of aromatic nitrogens is 2. The summed E-state index contributed by atoms with van der Waals surface area (Å²) < 4.78 is 6.15. The third-order valence-corrected chi connectivity index (χ3v) is 3.24. The minimum atomic E-state index is 0.396.